The van der Waals surface area contributed by atoms with Gasteiger partial charge in [0.05, 0.1) is 93.4 Å². The summed E-state index contributed by atoms with van der Waals surface area (Å²) >= 11 is 0. The van der Waals surface area contributed by atoms with E-state index in [1.54, 1.807) is 55.8 Å². The molecular weight excluding hydrogens is 1010 g/mol. The van der Waals surface area contributed by atoms with Gasteiger partial charge in [0.2, 0.25) is 17.7 Å². The average molecular weight is 1070 g/mol. The van der Waals surface area contributed by atoms with Crippen molar-refractivity contribution < 1.29 is 56.3 Å². The monoisotopic (exact) mass is 1070 g/mol. The molecule has 2 N–H and O–H groups in total. The van der Waals surface area contributed by atoms with Gasteiger partial charge >= 0.3 is 0 Å². The maximum atomic E-state index is 15.1. The van der Waals surface area contributed by atoms with E-state index in [0.717, 1.165) is 89.7 Å². The molecule has 408 valence electrons. The van der Waals surface area contributed by atoms with Crippen molar-refractivity contribution in [2.75, 3.05) is 80.0 Å². The molecule has 78 heavy (non-hydrogen) atoms. The van der Waals surface area contributed by atoms with E-state index in [2.05, 4.69) is 34.9 Å². The lowest BCUT2D eigenvalue weighted by Gasteiger charge is -2.47. The zero-order valence-corrected chi connectivity index (χ0v) is 44.0. The van der Waals surface area contributed by atoms with Crippen LogP contribution in [0.3, 0.4) is 0 Å². The Bertz CT molecular complexity index is 3280. The number of H-pyrrole nitrogens is 2. The summed E-state index contributed by atoms with van der Waals surface area (Å²) in [6.07, 6.45) is 11.7. The number of rotatable bonds is 16. The highest BCUT2D eigenvalue weighted by Crippen LogP contribution is 2.42. The Morgan fingerprint density at radius 3 is 1.55 bits per heavy atom. The zero-order valence-electron chi connectivity index (χ0n) is 44.0. The molecule has 0 atom stereocenters. The summed E-state index contributed by atoms with van der Waals surface area (Å²) in [4.78, 5) is 56.7. The second kappa shape index (κ2) is 22.2. The average Bonchev–Trinajstić information content (AvgIpc) is 4.04. The summed E-state index contributed by atoms with van der Waals surface area (Å²) in [5, 5.41) is 1.88. The Kier molecular flexibility index (Phi) is 14.9. The molecule has 0 radical (unpaired) electrons. The Morgan fingerprint density at radius 2 is 1.06 bits per heavy atom. The van der Waals surface area contributed by atoms with E-state index in [1.807, 2.05) is 23.6 Å². The highest BCUT2D eigenvalue weighted by Gasteiger charge is 2.43. The van der Waals surface area contributed by atoms with Crippen LogP contribution in [0.15, 0.2) is 67.4 Å². The molecule has 0 unspecified atom stereocenters. The number of halogens is 2. The predicted octanol–water partition coefficient (Wildman–Crippen LogP) is 9.71. The lowest BCUT2D eigenvalue weighted by atomic mass is 9.77. The largest absolute Gasteiger partial charge is 0.493 e. The number of aryl methyl sites for hydroxylation is 2. The zero-order chi connectivity index (χ0) is 54.0. The van der Waals surface area contributed by atoms with E-state index >= 15 is 8.78 Å². The molecule has 2 aromatic carbocycles. The number of pyridine rings is 3. The van der Waals surface area contributed by atoms with Crippen molar-refractivity contribution in [1.82, 2.24) is 44.7 Å². The van der Waals surface area contributed by atoms with Crippen LogP contribution in [0.5, 0.6) is 46.1 Å². The summed E-state index contributed by atoms with van der Waals surface area (Å²) in [7, 11) is 3.08. The topological polar surface area (TPSA) is 210 Å². The number of nitrogens with zero attached hydrogens (tertiary/aromatic N) is 7. The van der Waals surface area contributed by atoms with Crippen LogP contribution < -0.4 is 28.4 Å². The molecule has 0 saturated carbocycles. The van der Waals surface area contributed by atoms with Crippen molar-refractivity contribution in [3.63, 3.8) is 0 Å². The van der Waals surface area contributed by atoms with Crippen LogP contribution in [-0.4, -0.2) is 137 Å². The standard InChI is InChI=1S/C29H31FN4O5.C28H30FN5O5/c1-18-12-20-27(30)25(15-32-28(20)33-18)39-22-5-8-31-21-14-24(23(36-2)13-19(21)22)38-11-3-4-26(35)34-9-6-29(7-10-34)16-37-17-29;1-17-10-19-25(29)23(13-30-26(19)33-17)39-27-18-11-21(36-2)22(12-20(18)31-16-32-27)38-9-3-4-24(35)34-7-5-28(6-8-34)14-37-15-28/h5,8,12-15H,3-4,6-7,9-11,16-17H2,1-2H3,(H,32,33);10-13,16H,3-9,14-15H2,1-2H3,(H,30,33). The van der Waals surface area contributed by atoms with Gasteiger partial charge < -0.3 is 57.7 Å². The van der Waals surface area contributed by atoms with E-state index in [0.29, 0.717) is 122 Å². The molecule has 8 aromatic rings. The van der Waals surface area contributed by atoms with Gasteiger partial charge in [-0.1, -0.05) is 0 Å². The van der Waals surface area contributed by atoms with Crippen molar-refractivity contribution in [1.29, 1.82) is 0 Å². The van der Waals surface area contributed by atoms with Gasteiger partial charge in [0.15, 0.2) is 46.1 Å². The number of methoxy groups -OCH3 is 2. The van der Waals surface area contributed by atoms with Crippen molar-refractivity contribution in [3.8, 4) is 46.1 Å². The number of carbonyl (C=O) groups is 2. The molecule has 4 saturated heterocycles. The number of ether oxygens (including phenoxy) is 8. The third-order valence-corrected chi connectivity index (χ3v) is 15.3. The first kappa shape index (κ1) is 52.2. The number of fused-ring (bicyclic) bond motifs is 4. The van der Waals surface area contributed by atoms with Crippen LogP contribution in [0.2, 0.25) is 0 Å². The normalized spacial score (nSPS) is 16.4. The molecule has 19 nitrogen and oxygen atoms in total. The van der Waals surface area contributed by atoms with Gasteiger partial charge in [-0.3, -0.25) is 14.6 Å². The fourth-order valence-electron chi connectivity index (χ4n) is 10.5. The minimum absolute atomic E-state index is 0.0165. The van der Waals surface area contributed by atoms with E-state index < -0.39 is 11.6 Å². The first-order valence-electron chi connectivity index (χ1n) is 26.3. The number of aromatic amines is 2. The number of benzene rings is 2. The summed E-state index contributed by atoms with van der Waals surface area (Å²) < 4.78 is 75.8. The van der Waals surface area contributed by atoms with Crippen LogP contribution in [0.25, 0.3) is 43.9 Å². The molecule has 0 aliphatic carbocycles. The minimum atomic E-state index is -0.529. The first-order chi connectivity index (χ1) is 37.9. The van der Waals surface area contributed by atoms with Gasteiger partial charge in [0.25, 0.3) is 0 Å². The lowest BCUT2D eigenvalue weighted by Crippen LogP contribution is -2.52. The quantitative estimate of drug-likeness (QED) is 0.0863. The van der Waals surface area contributed by atoms with Crippen LogP contribution >= 0.6 is 0 Å². The van der Waals surface area contributed by atoms with E-state index in [4.69, 9.17) is 37.9 Å². The van der Waals surface area contributed by atoms with Gasteiger partial charge in [-0.05, 0) is 82.7 Å². The van der Waals surface area contributed by atoms with Gasteiger partial charge in [-0.15, -0.1) is 0 Å². The van der Waals surface area contributed by atoms with E-state index in [1.165, 1.54) is 25.8 Å². The molecule has 6 aromatic heterocycles. The van der Waals surface area contributed by atoms with E-state index in [-0.39, 0.29) is 29.2 Å². The first-order valence-corrected chi connectivity index (χ1v) is 26.3. The van der Waals surface area contributed by atoms with Crippen LogP contribution in [0, 0.1) is 36.3 Å². The number of hydrogen-bond acceptors (Lipinski definition) is 15. The Labute approximate surface area is 447 Å². The van der Waals surface area contributed by atoms with Crippen molar-refractivity contribution >= 4 is 55.7 Å². The smallest absolute Gasteiger partial charge is 0.230 e. The molecule has 0 bridgehead atoms. The number of aromatic nitrogens is 7. The SMILES string of the molecule is COc1cc2c(Oc3cnc4[nH]c(C)cc4c3F)ccnc2cc1OCCCC(=O)N1CCC2(CC1)COC2.COc1cc2c(Oc3cnc4[nH]c(C)cc4c3F)ncnc2cc1OCCCC(=O)N1CCC2(CC1)COC2. The molecular formula is C57H61F2N9O10. The van der Waals surface area contributed by atoms with E-state index in [9.17, 15) is 9.59 Å². The summed E-state index contributed by atoms with van der Waals surface area (Å²) in [6.45, 7) is 10.9. The highest BCUT2D eigenvalue weighted by molar-refractivity contribution is 5.89. The fraction of sp³-hybridized carbons (Fsp3) is 0.421. The summed E-state index contributed by atoms with van der Waals surface area (Å²) in [6, 6.07) is 12.0. The molecule has 10 heterocycles. The summed E-state index contributed by atoms with van der Waals surface area (Å²) in [5.74, 6) is 1.81. The number of amides is 2. The maximum Gasteiger partial charge on any atom is 0.230 e. The Morgan fingerprint density at radius 1 is 0.577 bits per heavy atom. The third-order valence-electron chi connectivity index (χ3n) is 15.3. The van der Waals surface area contributed by atoms with Crippen molar-refractivity contribution in [2.24, 2.45) is 10.8 Å². The molecule has 4 fully saturated rings. The van der Waals surface area contributed by atoms with Crippen LogP contribution in [0.1, 0.15) is 62.8 Å². The molecule has 4 aliphatic heterocycles. The van der Waals surface area contributed by atoms with Crippen LogP contribution in [0.4, 0.5) is 8.78 Å². The van der Waals surface area contributed by atoms with Gasteiger partial charge in [0, 0.05) is 85.0 Å². The predicted molar refractivity (Wildman–Crippen MR) is 284 cm³/mol. The molecule has 2 spiro atoms. The van der Waals surface area contributed by atoms with Gasteiger partial charge in [-0.25, -0.2) is 28.7 Å². The lowest BCUT2D eigenvalue weighted by molar-refractivity contribution is -0.153. The number of nitrogens with one attached hydrogen (secondary N) is 2. The molecule has 12 rings (SSSR count). The maximum absolute atomic E-state index is 15.1. The third kappa shape index (κ3) is 10.8. The highest BCUT2D eigenvalue weighted by atomic mass is 19.1. The fourth-order valence-corrected chi connectivity index (χ4v) is 10.5. The van der Waals surface area contributed by atoms with Gasteiger partial charge in [-0.2, -0.15) is 0 Å². The Balaban J connectivity index is 0.000000165. The van der Waals surface area contributed by atoms with Gasteiger partial charge in [0.1, 0.15) is 23.4 Å². The Hall–Kier alpha value is -7.91. The molecule has 2 amide bonds. The molecule has 21 heteroatoms. The summed E-state index contributed by atoms with van der Waals surface area (Å²) in [5.41, 5.74) is 4.29. The second-order valence-corrected chi connectivity index (χ2v) is 20.7. The minimum Gasteiger partial charge on any atom is -0.493 e. The van der Waals surface area contributed by atoms with Crippen molar-refractivity contribution in [2.45, 2.75) is 65.2 Å². The van der Waals surface area contributed by atoms with Crippen molar-refractivity contribution in [3.05, 3.63) is 90.4 Å². The molecule has 4 aliphatic rings. The second-order valence-electron chi connectivity index (χ2n) is 20.7. The number of carbonyl (C=O) groups excluding carboxylic acids is 2. The number of hydrogen-bond donors (Lipinski definition) is 2. The van der Waals surface area contributed by atoms with Crippen LogP contribution in [-0.2, 0) is 19.1 Å². The number of piperidine rings is 2. The number of likely N-dealkylation sites (tertiary alicyclic amines) is 2.